The first kappa shape index (κ1) is 26.4. The molecule has 5 rings (SSSR count). The molecule has 3 aromatic carbocycles. The number of nitrogens with one attached hydrogen (secondary N) is 1. The molecule has 8 nitrogen and oxygen atoms in total. The molecule has 0 saturated carbocycles. The van der Waals surface area contributed by atoms with Gasteiger partial charge in [0.05, 0.1) is 42.4 Å². The van der Waals surface area contributed by atoms with Crippen LogP contribution in [0.25, 0.3) is 16.9 Å². The quantitative estimate of drug-likeness (QED) is 0.316. The molecule has 1 N–H and O–H groups in total. The van der Waals surface area contributed by atoms with Crippen LogP contribution in [0.15, 0.2) is 66.7 Å². The number of benzene rings is 3. The molecule has 0 amide bonds. The molecule has 1 unspecified atom stereocenters. The Bertz CT molecular complexity index is 1570. The standard InChI is InChI=1S/C27H26Cl2N4O4S/c1-32-27-25(23(16-38(32,34)35)30-15-17-4-9-20(36-2)10-5-17)31-33(24-13-8-19(28)14-22(24)29)26(27)18-6-11-21(37-3)12-7-18/h4-14,23,30H,15-16H2,1-3H3. The first-order chi connectivity index (χ1) is 18.2. The van der Waals surface area contributed by atoms with Crippen molar-refractivity contribution in [1.82, 2.24) is 15.1 Å². The molecule has 198 valence electrons. The van der Waals surface area contributed by atoms with E-state index in [1.165, 1.54) is 4.31 Å². The lowest BCUT2D eigenvalue weighted by atomic mass is 10.1. The van der Waals surface area contributed by atoms with Crippen molar-refractivity contribution in [1.29, 1.82) is 0 Å². The SMILES string of the molecule is COc1ccc(CNC2CS(=O)(=O)N(C)c3c2nn(-c2ccc(Cl)cc2Cl)c3-c2ccc(OC)cc2)cc1. The summed E-state index contributed by atoms with van der Waals surface area (Å²) in [5.41, 5.74) is 4.00. The molecule has 11 heteroatoms. The van der Waals surface area contributed by atoms with Crippen LogP contribution in [0, 0.1) is 0 Å². The van der Waals surface area contributed by atoms with Crippen molar-refractivity contribution in [3.63, 3.8) is 0 Å². The Labute approximate surface area is 231 Å². The van der Waals surface area contributed by atoms with Gasteiger partial charge in [0.15, 0.2) is 0 Å². The van der Waals surface area contributed by atoms with Crippen molar-refractivity contribution in [3.05, 3.63) is 88.0 Å². The predicted molar refractivity (Wildman–Crippen MR) is 150 cm³/mol. The van der Waals surface area contributed by atoms with E-state index in [0.29, 0.717) is 45.1 Å². The summed E-state index contributed by atoms with van der Waals surface area (Å²) in [6, 6.07) is 19.5. The fraction of sp³-hybridized carbons (Fsp3) is 0.222. The highest BCUT2D eigenvalue weighted by molar-refractivity contribution is 7.92. The maximum absolute atomic E-state index is 13.4. The molecular weight excluding hydrogens is 547 g/mol. The third-order valence-corrected chi connectivity index (χ3v) is 8.85. The van der Waals surface area contributed by atoms with Crippen LogP contribution in [0.1, 0.15) is 17.3 Å². The molecular formula is C27H26Cl2N4O4S. The molecule has 0 bridgehead atoms. The second-order valence-corrected chi connectivity index (χ2v) is 11.7. The molecule has 0 spiro atoms. The first-order valence-corrected chi connectivity index (χ1v) is 14.1. The number of anilines is 1. The molecule has 1 aliphatic rings. The summed E-state index contributed by atoms with van der Waals surface area (Å²) < 4.78 is 40.3. The second-order valence-electron chi connectivity index (χ2n) is 8.85. The summed E-state index contributed by atoms with van der Waals surface area (Å²) in [7, 11) is 1.11. The predicted octanol–water partition coefficient (Wildman–Crippen LogP) is 5.47. The average molecular weight is 574 g/mol. The molecule has 38 heavy (non-hydrogen) atoms. The van der Waals surface area contributed by atoms with E-state index >= 15 is 0 Å². The zero-order valence-electron chi connectivity index (χ0n) is 21.0. The maximum Gasteiger partial charge on any atom is 0.236 e. The van der Waals surface area contributed by atoms with Crippen LogP contribution < -0.4 is 19.1 Å². The third-order valence-electron chi connectivity index (χ3n) is 6.54. The van der Waals surface area contributed by atoms with Crippen molar-refractivity contribution in [3.8, 4) is 28.4 Å². The zero-order chi connectivity index (χ0) is 27.0. The number of nitrogens with zero attached hydrogens (tertiary/aromatic N) is 3. The van der Waals surface area contributed by atoms with Gasteiger partial charge < -0.3 is 14.8 Å². The van der Waals surface area contributed by atoms with Crippen LogP contribution >= 0.6 is 23.2 Å². The normalized spacial score (nSPS) is 16.2. The highest BCUT2D eigenvalue weighted by atomic mass is 35.5. The molecule has 1 atom stereocenters. The minimum atomic E-state index is -3.65. The topological polar surface area (TPSA) is 85.7 Å². The number of sulfonamides is 1. The Morgan fingerprint density at radius 1 is 0.974 bits per heavy atom. The van der Waals surface area contributed by atoms with E-state index in [1.54, 1.807) is 44.1 Å². The van der Waals surface area contributed by atoms with Gasteiger partial charge in [0.2, 0.25) is 10.0 Å². The number of hydrogen-bond donors (Lipinski definition) is 1. The molecule has 1 aromatic heterocycles. The van der Waals surface area contributed by atoms with E-state index in [0.717, 1.165) is 16.9 Å². The lowest BCUT2D eigenvalue weighted by Gasteiger charge is -2.30. The van der Waals surface area contributed by atoms with Crippen molar-refractivity contribution in [2.24, 2.45) is 0 Å². The van der Waals surface area contributed by atoms with Crippen LogP contribution in [0.5, 0.6) is 11.5 Å². The van der Waals surface area contributed by atoms with E-state index in [1.807, 2.05) is 48.5 Å². The summed E-state index contributed by atoms with van der Waals surface area (Å²) in [6.07, 6.45) is 0. The van der Waals surface area contributed by atoms with E-state index in [2.05, 4.69) is 5.32 Å². The molecule has 2 heterocycles. The van der Waals surface area contributed by atoms with Crippen molar-refractivity contribution < 1.29 is 17.9 Å². The number of ether oxygens (including phenoxy) is 2. The summed E-state index contributed by atoms with van der Waals surface area (Å²) >= 11 is 12.8. The van der Waals surface area contributed by atoms with Crippen molar-refractivity contribution in [2.45, 2.75) is 12.6 Å². The van der Waals surface area contributed by atoms with Crippen LogP contribution in [0.2, 0.25) is 10.0 Å². The summed E-state index contributed by atoms with van der Waals surface area (Å²) in [5.74, 6) is 1.29. The Balaban J connectivity index is 1.66. The van der Waals surface area contributed by atoms with Crippen LogP contribution in [0.3, 0.4) is 0 Å². The molecule has 0 saturated heterocycles. The zero-order valence-corrected chi connectivity index (χ0v) is 23.3. The number of fused-ring (bicyclic) bond motifs is 1. The highest BCUT2D eigenvalue weighted by Gasteiger charge is 2.40. The Morgan fingerprint density at radius 2 is 1.61 bits per heavy atom. The monoisotopic (exact) mass is 572 g/mol. The Morgan fingerprint density at radius 3 is 2.21 bits per heavy atom. The highest BCUT2D eigenvalue weighted by Crippen LogP contribution is 2.44. The minimum absolute atomic E-state index is 0.139. The fourth-order valence-corrected chi connectivity index (χ4v) is 6.35. The number of rotatable bonds is 7. The van der Waals surface area contributed by atoms with Gasteiger partial charge in [-0.1, -0.05) is 35.3 Å². The smallest absolute Gasteiger partial charge is 0.236 e. The molecule has 0 radical (unpaired) electrons. The van der Waals surface area contributed by atoms with Gasteiger partial charge in [0, 0.05) is 24.2 Å². The van der Waals surface area contributed by atoms with Crippen LogP contribution in [-0.4, -0.2) is 45.2 Å². The van der Waals surface area contributed by atoms with E-state index in [-0.39, 0.29) is 5.75 Å². The first-order valence-electron chi connectivity index (χ1n) is 11.8. The van der Waals surface area contributed by atoms with Gasteiger partial charge in [-0.2, -0.15) is 5.10 Å². The average Bonchev–Trinajstić information content (AvgIpc) is 3.30. The number of aromatic nitrogens is 2. The summed E-state index contributed by atoms with van der Waals surface area (Å²) in [4.78, 5) is 0. The summed E-state index contributed by atoms with van der Waals surface area (Å²) in [5, 5.41) is 9.21. The van der Waals surface area contributed by atoms with E-state index in [4.69, 9.17) is 37.8 Å². The third kappa shape index (κ3) is 4.94. The van der Waals surface area contributed by atoms with Gasteiger partial charge in [-0.05, 0) is 60.2 Å². The van der Waals surface area contributed by atoms with Gasteiger partial charge >= 0.3 is 0 Å². The molecule has 1 aliphatic heterocycles. The number of methoxy groups -OCH3 is 2. The van der Waals surface area contributed by atoms with Gasteiger partial charge in [0.25, 0.3) is 0 Å². The number of hydrogen-bond acceptors (Lipinski definition) is 6. The Kier molecular flexibility index (Phi) is 7.28. The van der Waals surface area contributed by atoms with Gasteiger partial charge in [0.1, 0.15) is 22.9 Å². The molecule has 0 fully saturated rings. The van der Waals surface area contributed by atoms with E-state index < -0.39 is 16.1 Å². The lowest BCUT2D eigenvalue weighted by molar-refractivity contribution is 0.414. The fourth-order valence-electron chi connectivity index (χ4n) is 4.49. The van der Waals surface area contributed by atoms with Gasteiger partial charge in [-0.15, -0.1) is 0 Å². The van der Waals surface area contributed by atoms with Gasteiger partial charge in [-0.3, -0.25) is 4.31 Å². The molecule has 0 aliphatic carbocycles. The van der Waals surface area contributed by atoms with E-state index in [9.17, 15) is 8.42 Å². The molecule has 4 aromatic rings. The Hall–Kier alpha value is -3.24. The van der Waals surface area contributed by atoms with Crippen molar-refractivity contribution >= 4 is 38.9 Å². The largest absolute Gasteiger partial charge is 0.497 e. The van der Waals surface area contributed by atoms with Crippen LogP contribution in [0.4, 0.5) is 5.69 Å². The number of halogens is 2. The van der Waals surface area contributed by atoms with Crippen LogP contribution in [-0.2, 0) is 16.6 Å². The van der Waals surface area contributed by atoms with Gasteiger partial charge in [-0.25, -0.2) is 13.1 Å². The summed E-state index contributed by atoms with van der Waals surface area (Å²) in [6.45, 7) is 0.444. The maximum atomic E-state index is 13.4. The second kappa shape index (κ2) is 10.5. The lowest BCUT2D eigenvalue weighted by Crippen LogP contribution is -2.41. The van der Waals surface area contributed by atoms with Crippen molar-refractivity contribution in [2.75, 3.05) is 31.3 Å². The minimum Gasteiger partial charge on any atom is -0.497 e.